The second-order valence-electron chi connectivity index (χ2n) is 5.96. The summed E-state index contributed by atoms with van der Waals surface area (Å²) in [4.78, 5) is 2.56. The van der Waals surface area contributed by atoms with Crippen molar-refractivity contribution < 1.29 is 17.6 Å². The van der Waals surface area contributed by atoms with Crippen molar-refractivity contribution in [2.45, 2.75) is 37.3 Å². The van der Waals surface area contributed by atoms with Gasteiger partial charge in [0, 0.05) is 13.7 Å². The fraction of sp³-hybridized carbons (Fsp3) is 0.444. The summed E-state index contributed by atoms with van der Waals surface area (Å²) in [6, 6.07) is 11.2. The first-order valence-electron chi connectivity index (χ1n) is 8.22. The Bertz CT molecular complexity index is 797. The number of nitrogens with zero attached hydrogens (tertiary/aromatic N) is 1. The molecule has 130 valence electrons. The molecule has 1 saturated heterocycles. The number of hydrogen-bond donors (Lipinski definition) is 0. The van der Waals surface area contributed by atoms with E-state index >= 15 is 0 Å². The zero-order valence-electron chi connectivity index (χ0n) is 14.1. The third kappa shape index (κ3) is 3.21. The van der Waals surface area contributed by atoms with E-state index in [4.69, 9.17) is 9.15 Å². The third-order valence-corrected chi connectivity index (χ3v) is 6.22. The number of benzene rings is 1. The number of hydrogen-bond acceptors (Lipinski definition) is 5. The Morgan fingerprint density at radius 3 is 2.79 bits per heavy atom. The molecule has 0 aliphatic carbocycles. The van der Waals surface area contributed by atoms with Crippen molar-refractivity contribution in [1.29, 1.82) is 0 Å². The van der Waals surface area contributed by atoms with Gasteiger partial charge in [0.1, 0.15) is 18.1 Å². The molecule has 1 aromatic carbocycles. The molecule has 1 aliphatic rings. The molecule has 24 heavy (non-hydrogen) atoms. The Morgan fingerprint density at radius 1 is 1.25 bits per heavy atom. The van der Waals surface area contributed by atoms with E-state index in [0.29, 0.717) is 11.5 Å². The average molecular weight is 349 g/mol. The Labute approximate surface area is 143 Å². The van der Waals surface area contributed by atoms with Crippen LogP contribution in [-0.4, -0.2) is 27.8 Å². The van der Waals surface area contributed by atoms with Crippen LogP contribution in [0.5, 0.6) is 0 Å². The van der Waals surface area contributed by atoms with Crippen molar-refractivity contribution in [2.24, 2.45) is 0 Å². The average Bonchev–Trinajstić information content (AvgIpc) is 3.24. The molecule has 2 heterocycles. The van der Waals surface area contributed by atoms with Crippen molar-refractivity contribution in [3.8, 4) is 0 Å². The quantitative estimate of drug-likeness (QED) is 0.798. The number of anilines is 1. The van der Waals surface area contributed by atoms with E-state index in [0.717, 1.165) is 36.6 Å². The van der Waals surface area contributed by atoms with Gasteiger partial charge in [0.05, 0.1) is 22.4 Å². The first kappa shape index (κ1) is 17.0. The maximum atomic E-state index is 12.4. The number of rotatable bonds is 6. The van der Waals surface area contributed by atoms with E-state index in [-0.39, 0.29) is 11.8 Å². The summed E-state index contributed by atoms with van der Waals surface area (Å²) in [5.74, 6) is 1.75. The van der Waals surface area contributed by atoms with Crippen molar-refractivity contribution in [3.05, 3.63) is 47.9 Å². The molecule has 0 spiro atoms. The maximum Gasteiger partial charge on any atom is 0.180 e. The highest BCUT2D eigenvalue weighted by molar-refractivity contribution is 7.91. The number of furan rings is 1. The minimum absolute atomic E-state index is 0.0591. The molecule has 0 saturated carbocycles. The highest BCUT2D eigenvalue weighted by atomic mass is 32.2. The molecule has 1 aromatic heterocycles. The zero-order chi connectivity index (χ0) is 17.2. The zero-order valence-corrected chi connectivity index (χ0v) is 14.9. The summed E-state index contributed by atoms with van der Waals surface area (Å²) in [5.41, 5.74) is 0.770. The van der Waals surface area contributed by atoms with Crippen LogP contribution in [0.2, 0.25) is 0 Å². The number of methoxy groups -OCH3 is 1. The molecular weight excluding hydrogens is 326 g/mol. The van der Waals surface area contributed by atoms with E-state index in [1.165, 1.54) is 0 Å². The second-order valence-corrected chi connectivity index (χ2v) is 8.21. The first-order valence-corrected chi connectivity index (χ1v) is 9.88. The Morgan fingerprint density at radius 2 is 2.04 bits per heavy atom. The van der Waals surface area contributed by atoms with Crippen molar-refractivity contribution in [3.63, 3.8) is 0 Å². The summed E-state index contributed by atoms with van der Waals surface area (Å²) in [6.45, 7) is 2.94. The van der Waals surface area contributed by atoms with Gasteiger partial charge in [0.2, 0.25) is 0 Å². The van der Waals surface area contributed by atoms with Gasteiger partial charge in [0.15, 0.2) is 9.84 Å². The lowest BCUT2D eigenvalue weighted by Crippen LogP contribution is -2.24. The lowest BCUT2D eigenvalue weighted by molar-refractivity contribution is 0.162. The Balaban J connectivity index is 1.97. The van der Waals surface area contributed by atoms with Crippen molar-refractivity contribution >= 4 is 15.5 Å². The van der Waals surface area contributed by atoms with Crippen LogP contribution in [0.15, 0.2) is 45.7 Å². The molecule has 1 fully saturated rings. The van der Waals surface area contributed by atoms with Crippen LogP contribution >= 0.6 is 0 Å². The fourth-order valence-electron chi connectivity index (χ4n) is 3.26. The van der Waals surface area contributed by atoms with E-state index in [1.54, 1.807) is 26.2 Å². The summed E-state index contributed by atoms with van der Waals surface area (Å²) >= 11 is 0. The lowest BCUT2D eigenvalue weighted by atomic mass is 10.1. The summed E-state index contributed by atoms with van der Waals surface area (Å²) in [6.07, 6.45) is 1.95. The van der Waals surface area contributed by atoms with Gasteiger partial charge in [-0.25, -0.2) is 8.42 Å². The van der Waals surface area contributed by atoms with Gasteiger partial charge in [-0.2, -0.15) is 0 Å². The highest BCUT2D eigenvalue weighted by Crippen LogP contribution is 2.39. The lowest BCUT2D eigenvalue weighted by Gasteiger charge is -2.27. The number of sulfone groups is 1. The normalized spacial score (nSPS) is 18.2. The Hall–Kier alpha value is -1.79. The molecule has 0 amide bonds. The predicted octanol–water partition coefficient (Wildman–Crippen LogP) is 3.56. The SMILES string of the molecule is CCS(=O)(=O)c1ccccc1N1CCC[C@@H]1c1ccc(COC)o1. The minimum atomic E-state index is -3.27. The molecule has 0 radical (unpaired) electrons. The highest BCUT2D eigenvalue weighted by Gasteiger charge is 2.32. The molecule has 0 bridgehead atoms. The monoisotopic (exact) mass is 349 g/mol. The van der Waals surface area contributed by atoms with E-state index in [2.05, 4.69) is 4.90 Å². The predicted molar refractivity (Wildman–Crippen MR) is 92.9 cm³/mol. The third-order valence-electron chi connectivity index (χ3n) is 4.44. The Kier molecular flexibility index (Phi) is 4.96. The van der Waals surface area contributed by atoms with Crippen LogP contribution < -0.4 is 4.90 Å². The molecule has 0 unspecified atom stereocenters. The summed E-state index contributed by atoms with van der Waals surface area (Å²) < 4.78 is 35.9. The van der Waals surface area contributed by atoms with Gasteiger partial charge >= 0.3 is 0 Å². The van der Waals surface area contributed by atoms with E-state index < -0.39 is 9.84 Å². The smallest absolute Gasteiger partial charge is 0.180 e. The summed E-state index contributed by atoms with van der Waals surface area (Å²) in [5, 5.41) is 0. The van der Waals surface area contributed by atoms with Gasteiger partial charge in [0.25, 0.3) is 0 Å². The summed E-state index contributed by atoms with van der Waals surface area (Å²) in [7, 11) is -1.63. The van der Waals surface area contributed by atoms with Crippen LogP contribution in [0.3, 0.4) is 0 Å². The van der Waals surface area contributed by atoms with Crippen LogP contribution in [0, 0.1) is 0 Å². The minimum Gasteiger partial charge on any atom is -0.461 e. The van der Waals surface area contributed by atoms with Crippen LogP contribution in [0.4, 0.5) is 5.69 Å². The molecule has 6 heteroatoms. The molecule has 2 aromatic rings. The second kappa shape index (κ2) is 6.99. The van der Waals surface area contributed by atoms with Gasteiger partial charge < -0.3 is 14.1 Å². The molecule has 1 aliphatic heterocycles. The molecule has 0 N–H and O–H groups in total. The van der Waals surface area contributed by atoms with Gasteiger partial charge in [-0.3, -0.25) is 0 Å². The van der Waals surface area contributed by atoms with E-state index in [9.17, 15) is 8.42 Å². The van der Waals surface area contributed by atoms with Crippen LogP contribution in [0.25, 0.3) is 0 Å². The van der Waals surface area contributed by atoms with E-state index in [1.807, 2.05) is 24.3 Å². The topological polar surface area (TPSA) is 59.8 Å². The molecule has 3 rings (SSSR count). The number of ether oxygens (including phenoxy) is 1. The fourth-order valence-corrected chi connectivity index (χ4v) is 4.36. The molecule has 1 atom stereocenters. The van der Waals surface area contributed by atoms with Crippen LogP contribution in [0.1, 0.15) is 37.3 Å². The number of para-hydroxylation sites is 1. The molecular formula is C18H23NO4S. The van der Waals surface area contributed by atoms with Crippen molar-refractivity contribution in [2.75, 3.05) is 24.3 Å². The van der Waals surface area contributed by atoms with Gasteiger partial charge in [-0.15, -0.1) is 0 Å². The first-order chi connectivity index (χ1) is 11.6. The maximum absolute atomic E-state index is 12.4. The standard InChI is InChI=1S/C18H23NO4S/c1-3-24(20,21)18-9-5-4-7-16(18)19-12-6-8-15(19)17-11-10-14(23-17)13-22-2/h4-5,7,9-11,15H,3,6,8,12-13H2,1-2H3/t15-/m1/s1. The molecule has 5 nitrogen and oxygen atoms in total. The largest absolute Gasteiger partial charge is 0.461 e. The van der Waals surface area contributed by atoms with Gasteiger partial charge in [-0.1, -0.05) is 19.1 Å². The van der Waals surface area contributed by atoms with Gasteiger partial charge in [-0.05, 0) is 37.1 Å². The van der Waals surface area contributed by atoms with Crippen LogP contribution in [-0.2, 0) is 21.2 Å². The van der Waals surface area contributed by atoms with Crippen molar-refractivity contribution in [1.82, 2.24) is 0 Å².